The van der Waals surface area contributed by atoms with Crippen molar-refractivity contribution in [3.05, 3.63) is 42.1 Å². The minimum atomic E-state index is -3.38. The van der Waals surface area contributed by atoms with E-state index in [0.717, 1.165) is 29.3 Å². The number of ether oxygens (including phenoxy) is 1. The normalized spacial score (nSPS) is 20.5. The van der Waals surface area contributed by atoms with E-state index in [2.05, 4.69) is 11.1 Å². The molecule has 0 spiro atoms. The molecule has 1 aromatic carbocycles. The molecule has 2 atom stereocenters. The average molecular weight is 348 g/mol. The molecular weight excluding hydrogens is 324 g/mol. The second-order valence-corrected chi connectivity index (χ2v) is 8.43. The van der Waals surface area contributed by atoms with Gasteiger partial charge in [-0.3, -0.25) is 4.98 Å². The number of fused-ring (bicyclic) bond motifs is 1. The zero-order valence-electron chi connectivity index (χ0n) is 14.2. The van der Waals surface area contributed by atoms with Gasteiger partial charge in [0.2, 0.25) is 10.0 Å². The lowest BCUT2D eigenvalue weighted by atomic mass is 10.1. The van der Waals surface area contributed by atoms with Gasteiger partial charge >= 0.3 is 0 Å². The van der Waals surface area contributed by atoms with Crippen LogP contribution < -0.4 is 0 Å². The Bertz CT molecular complexity index is 807. The van der Waals surface area contributed by atoms with E-state index in [1.54, 1.807) is 11.4 Å². The molecule has 24 heavy (non-hydrogen) atoms. The first-order valence-electron chi connectivity index (χ1n) is 8.42. The maximum Gasteiger partial charge on any atom is 0.219 e. The first-order valence-corrected chi connectivity index (χ1v) is 9.92. The van der Waals surface area contributed by atoms with E-state index in [9.17, 15) is 8.42 Å². The van der Waals surface area contributed by atoms with Crippen LogP contribution in [0, 0.1) is 0 Å². The molecular formula is C18H24N2O3S. The summed E-state index contributed by atoms with van der Waals surface area (Å²) >= 11 is 0. The minimum absolute atomic E-state index is 0.127. The monoisotopic (exact) mass is 348 g/mol. The largest absolute Gasteiger partial charge is 0.383 e. The lowest BCUT2D eigenvalue weighted by Crippen LogP contribution is -2.40. The first kappa shape index (κ1) is 17.3. The van der Waals surface area contributed by atoms with Crippen molar-refractivity contribution in [1.82, 2.24) is 9.29 Å². The average Bonchev–Trinajstić information content (AvgIpc) is 3.09. The molecule has 130 valence electrons. The van der Waals surface area contributed by atoms with Crippen molar-refractivity contribution in [3.63, 3.8) is 0 Å². The maximum atomic E-state index is 13.0. The number of methoxy groups -OCH3 is 1. The molecule has 0 aliphatic carbocycles. The molecule has 0 saturated carbocycles. The van der Waals surface area contributed by atoms with E-state index in [4.69, 9.17) is 4.74 Å². The molecule has 3 rings (SSSR count). The van der Waals surface area contributed by atoms with Crippen LogP contribution in [0.15, 0.2) is 36.5 Å². The zero-order chi connectivity index (χ0) is 17.2. The molecule has 0 radical (unpaired) electrons. The SMILES string of the molecule is CCC(COC)S(=O)(=O)N1CCCC1c1cnc2ccccc2c1. The third-order valence-electron chi connectivity index (χ3n) is 4.76. The number of nitrogens with zero attached hydrogens (tertiary/aromatic N) is 2. The Balaban J connectivity index is 1.94. The van der Waals surface area contributed by atoms with Gasteiger partial charge in [0.1, 0.15) is 0 Å². The van der Waals surface area contributed by atoms with Crippen molar-refractivity contribution in [3.8, 4) is 0 Å². The summed E-state index contributed by atoms with van der Waals surface area (Å²) in [6.07, 6.45) is 4.08. The van der Waals surface area contributed by atoms with Gasteiger partial charge in [0.25, 0.3) is 0 Å². The van der Waals surface area contributed by atoms with Gasteiger partial charge in [0.15, 0.2) is 0 Å². The standard InChI is InChI=1S/C18H24N2O3S/c1-3-16(13-23-2)24(21,22)20-10-6-9-18(20)15-11-14-7-4-5-8-17(14)19-12-15/h4-5,7-8,11-12,16,18H,3,6,9-10,13H2,1-2H3. The number of sulfonamides is 1. The first-order chi connectivity index (χ1) is 11.6. The predicted molar refractivity (Wildman–Crippen MR) is 95.3 cm³/mol. The van der Waals surface area contributed by atoms with Crippen molar-refractivity contribution >= 4 is 20.9 Å². The molecule has 0 bridgehead atoms. The summed E-state index contributed by atoms with van der Waals surface area (Å²) in [5.74, 6) is 0. The molecule has 1 aliphatic heterocycles. The summed E-state index contributed by atoms with van der Waals surface area (Å²) in [7, 11) is -1.83. The molecule has 0 amide bonds. The summed E-state index contributed by atoms with van der Waals surface area (Å²) in [6, 6.07) is 9.85. The third-order valence-corrected chi connectivity index (χ3v) is 7.16. The van der Waals surface area contributed by atoms with E-state index in [0.29, 0.717) is 13.0 Å². The van der Waals surface area contributed by atoms with Gasteiger partial charge in [-0.15, -0.1) is 0 Å². The lowest BCUT2D eigenvalue weighted by Gasteiger charge is -2.28. The van der Waals surface area contributed by atoms with Crippen molar-refractivity contribution in [2.75, 3.05) is 20.3 Å². The fourth-order valence-electron chi connectivity index (χ4n) is 3.44. The van der Waals surface area contributed by atoms with Crippen molar-refractivity contribution in [1.29, 1.82) is 0 Å². The van der Waals surface area contributed by atoms with Crippen LogP contribution in [-0.4, -0.2) is 43.2 Å². The van der Waals surface area contributed by atoms with Crippen LogP contribution >= 0.6 is 0 Å². The van der Waals surface area contributed by atoms with Gasteiger partial charge in [-0.1, -0.05) is 25.1 Å². The molecule has 6 heteroatoms. The van der Waals surface area contributed by atoms with E-state index in [-0.39, 0.29) is 12.6 Å². The summed E-state index contributed by atoms with van der Waals surface area (Å²) in [5.41, 5.74) is 1.90. The van der Waals surface area contributed by atoms with E-state index in [1.807, 2.05) is 37.4 Å². The van der Waals surface area contributed by atoms with Crippen molar-refractivity contribution in [2.45, 2.75) is 37.5 Å². The highest BCUT2D eigenvalue weighted by Gasteiger charge is 2.39. The summed E-state index contributed by atoms with van der Waals surface area (Å²) < 4.78 is 32.8. The second-order valence-electron chi connectivity index (χ2n) is 6.26. The Morgan fingerprint density at radius 2 is 2.17 bits per heavy atom. The number of pyridine rings is 1. The van der Waals surface area contributed by atoms with Crippen LogP contribution in [0.4, 0.5) is 0 Å². The fourth-order valence-corrected chi connectivity index (χ4v) is 5.52. The van der Waals surface area contributed by atoms with Gasteiger partial charge in [-0.25, -0.2) is 8.42 Å². The van der Waals surface area contributed by atoms with Crippen LogP contribution in [0.2, 0.25) is 0 Å². The molecule has 5 nitrogen and oxygen atoms in total. The summed E-state index contributed by atoms with van der Waals surface area (Å²) in [4.78, 5) is 4.50. The van der Waals surface area contributed by atoms with Crippen LogP contribution in [-0.2, 0) is 14.8 Å². The number of hydrogen-bond acceptors (Lipinski definition) is 4. The third kappa shape index (κ3) is 3.18. The van der Waals surface area contributed by atoms with E-state index < -0.39 is 15.3 Å². The Labute approximate surface area is 143 Å². The van der Waals surface area contributed by atoms with Crippen LogP contribution in [0.1, 0.15) is 37.8 Å². The van der Waals surface area contributed by atoms with Gasteiger partial charge in [-0.2, -0.15) is 4.31 Å². The Hall–Kier alpha value is -1.50. The topological polar surface area (TPSA) is 59.5 Å². The van der Waals surface area contributed by atoms with Gasteiger partial charge in [0, 0.05) is 25.2 Å². The second kappa shape index (κ2) is 7.17. The summed E-state index contributed by atoms with van der Waals surface area (Å²) in [5, 5.41) is 0.555. The van der Waals surface area contributed by atoms with Gasteiger partial charge in [0.05, 0.1) is 23.4 Å². The fraction of sp³-hybridized carbons (Fsp3) is 0.500. The smallest absolute Gasteiger partial charge is 0.219 e. The zero-order valence-corrected chi connectivity index (χ0v) is 15.0. The Kier molecular flexibility index (Phi) is 5.18. The van der Waals surface area contributed by atoms with Crippen molar-refractivity contribution in [2.24, 2.45) is 0 Å². The molecule has 1 aromatic heterocycles. The van der Waals surface area contributed by atoms with E-state index in [1.165, 1.54) is 0 Å². The molecule has 1 saturated heterocycles. The molecule has 2 aromatic rings. The Morgan fingerprint density at radius 3 is 2.92 bits per heavy atom. The number of para-hydroxylation sites is 1. The van der Waals surface area contributed by atoms with Crippen LogP contribution in [0.3, 0.4) is 0 Å². The molecule has 1 aliphatic rings. The van der Waals surface area contributed by atoms with Gasteiger partial charge in [-0.05, 0) is 37.0 Å². The highest BCUT2D eigenvalue weighted by Crippen LogP contribution is 2.36. The molecule has 0 N–H and O–H groups in total. The van der Waals surface area contributed by atoms with E-state index >= 15 is 0 Å². The minimum Gasteiger partial charge on any atom is -0.383 e. The number of benzene rings is 1. The number of hydrogen-bond donors (Lipinski definition) is 0. The lowest BCUT2D eigenvalue weighted by molar-refractivity contribution is 0.192. The quantitative estimate of drug-likeness (QED) is 0.805. The maximum absolute atomic E-state index is 13.0. The van der Waals surface area contributed by atoms with Crippen molar-refractivity contribution < 1.29 is 13.2 Å². The summed E-state index contributed by atoms with van der Waals surface area (Å²) in [6.45, 7) is 2.70. The molecule has 2 unspecified atom stereocenters. The number of aromatic nitrogens is 1. The number of rotatable bonds is 6. The molecule has 1 fully saturated rings. The highest BCUT2D eigenvalue weighted by molar-refractivity contribution is 7.89. The molecule has 2 heterocycles. The highest BCUT2D eigenvalue weighted by atomic mass is 32.2. The predicted octanol–water partition coefficient (Wildman–Crippen LogP) is 3.13. The van der Waals surface area contributed by atoms with Crippen LogP contribution in [0.5, 0.6) is 0 Å². The van der Waals surface area contributed by atoms with Gasteiger partial charge < -0.3 is 4.74 Å². The van der Waals surface area contributed by atoms with Crippen LogP contribution in [0.25, 0.3) is 10.9 Å². The Morgan fingerprint density at radius 1 is 1.38 bits per heavy atom.